The molecule has 1 aliphatic rings. The molecule has 1 saturated heterocycles. The number of aliphatic hydroxyl groups is 1. The van der Waals surface area contributed by atoms with Crippen molar-refractivity contribution in [2.75, 3.05) is 6.54 Å². The Hall–Kier alpha value is -1.93. The van der Waals surface area contributed by atoms with Gasteiger partial charge in [-0.2, -0.15) is 13.2 Å². The summed E-state index contributed by atoms with van der Waals surface area (Å²) in [5.41, 5.74) is -0.109. The highest BCUT2D eigenvalue weighted by atomic mass is 19.4. The van der Waals surface area contributed by atoms with Gasteiger partial charge in [-0.05, 0) is 24.1 Å². The van der Waals surface area contributed by atoms with Crippen LogP contribution in [-0.2, 0) is 26.2 Å². The number of aliphatic hydroxyl groups excluding tert-OH is 1. The minimum Gasteiger partial charge on any atom is -0.392 e. The topological polar surface area (TPSA) is 54.2 Å². The van der Waals surface area contributed by atoms with Gasteiger partial charge >= 0.3 is 6.18 Å². The van der Waals surface area contributed by atoms with E-state index in [-0.39, 0.29) is 6.04 Å². The molecule has 0 spiro atoms. The summed E-state index contributed by atoms with van der Waals surface area (Å²) in [6.45, 7) is 2.82. The molecule has 5 nitrogen and oxygen atoms in total. The van der Waals surface area contributed by atoms with Gasteiger partial charge in [0.05, 0.1) is 18.2 Å². The molecule has 2 atom stereocenters. The van der Waals surface area contributed by atoms with Gasteiger partial charge in [0.15, 0.2) is 0 Å². The number of alkyl halides is 3. The first-order chi connectivity index (χ1) is 11.8. The number of likely N-dealkylation sites (tertiary alicyclic amines) is 1. The largest absolute Gasteiger partial charge is 0.416 e. The maximum Gasteiger partial charge on any atom is 0.416 e. The average molecular weight is 354 g/mol. The Bertz CT molecular complexity index is 744. The zero-order valence-electron chi connectivity index (χ0n) is 14.2. The molecule has 2 heterocycles. The molecule has 8 heteroatoms. The Morgan fingerprint density at radius 3 is 2.60 bits per heavy atom. The maximum atomic E-state index is 13.0. The standard InChI is InChI=1S/C17H21F3N4O/c1-3-15-21-22-16(23(15)2)10-24-9-13(25)8-14(24)11-5-4-6-12(7-11)17(18,19)20/h4-7,13-14,25H,3,8-10H2,1-2H3/t13-,14+/m1/s1. The Balaban J connectivity index is 1.86. The number of halogens is 3. The van der Waals surface area contributed by atoms with Crippen molar-refractivity contribution in [3.05, 3.63) is 47.0 Å². The van der Waals surface area contributed by atoms with Gasteiger partial charge in [0.25, 0.3) is 0 Å². The third-order valence-electron chi connectivity index (χ3n) is 4.70. The van der Waals surface area contributed by atoms with Crippen LogP contribution >= 0.6 is 0 Å². The fourth-order valence-corrected chi connectivity index (χ4v) is 3.35. The van der Waals surface area contributed by atoms with Crippen LogP contribution in [0.2, 0.25) is 0 Å². The number of benzene rings is 1. The van der Waals surface area contributed by atoms with E-state index in [2.05, 4.69) is 10.2 Å². The monoisotopic (exact) mass is 354 g/mol. The maximum absolute atomic E-state index is 13.0. The van der Waals surface area contributed by atoms with Crippen molar-refractivity contribution < 1.29 is 18.3 Å². The Labute approximate surface area is 144 Å². The van der Waals surface area contributed by atoms with Gasteiger partial charge in [0, 0.05) is 26.1 Å². The van der Waals surface area contributed by atoms with Crippen LogP contribution in [0.15, 0.2) is 24.3 Å². The number of aromatic nitrogens is 3. The summed E-state index contributed by atoms with van der Waals surface area (Å²) >= 11 is 0. The molecule has 1 aromatic heterocycles. The zero-order valence-corrected chi connectivity index (χ0v) is 14.2. The van der Waals surface area contributed by atoms with E-state index < -0.39 is 17.8 Å². The molecular formula is C17H21F3N4O. The predicted octanol–water partition coefficient (Wildman–Crippen LogP) is 2.70. The van der Waals surface area contributed by atoms with Crippen LogP contribution < -0.4 is 0 Å². The number of aryl methyl sites for hydroxylation is 1. The van der Waals surface area contributed by atoms with Crippen LogP contribution in [0.1, 0.15) is 42.2 Å². The number of hydrogen-bond acceptors (Lipinski definition) is 4. The average Bonchev–Trinajstić information content (AvgIpc) is 3.10. The second kappa shape index (κ2) is 6.76. The molecule has 3 rings (SSSR count). The molecule has 0 amide bonds. The molecule has 0 bridgehead atoms. The lowest BCUT2D eigenvalue weighted by Gasteiger charge is -2.24. The third kappa shape index (κ3) is 3.69. The summed E-state index contributed by atoms with van der Waals surface area (Å²) in [6.07, 6.45) is -3.79. The molecule has 1 aromatic carbocycles. The highest BCUT2D eigenvalue weighted by Gasteiger charge is 2.35. The lowest BCUT2D eigenvalue weighted by atomic mass is 10.0. The minimum absolute atomic E-state index is 0.279. The SMILES string of the molecule is CCc1nnc(CN2C[C@H](O)C[C@H]2c2cccc(C(F)(F)F)c2)n1C. The van der Waals surface area contributed by atoms with Crippen molar-refractivity contribution in [2.45, 2.75) is 44.6 Å². The summed E-state index contributed by atoms with van der Waals surface area (Å²) in [5, 5.41) is 18.3. The van der Waals surface area contributed by atoms with E-state index in [1.54, 1.807) is 6.07 Å². The summed E-state index contributed by atoms with van der Waals surface area (Å²) in [7, 11) is 1.87. The van der Waals surface area contributed by atoms with Gasteiger partial charge in [0.1, 0.15) is 11.6 Å². The van der Waals surface area contributed by atoms with E-state index in [1.807, 2.05) is 23.4 Å². The highest BCUT2D eigenvalue weighted by Crippen LogP contribution is 2.36. The Kier molecular flexibility index (Phi) is 4.83. The van der Waals surface area contributed by atoms with E-state index in [1.165, 1.54) is 12.1 Å². The van der Waals surface area contributed by atoms with Gasteiger partial charge in [-0.1, -0.05) is 19.1 Å². The van der Waals surface area contributed by atoms with E-state index in [4.69, 9.17) is 0 Å². The van der Waals surface area contributed by atoms with Crippen LogP contribution in [0.4, 0.5) is 13.2 Å². The number of nitrogens with zero attached hydrogens (tertiary/aromatic N) is 4. The van der Waals surface area contributed by atoms with E-state index in [9.17, 15) is 18.3 Å². The fraction of sp³-hybridized carbons (Fsp3) is 0.529. The molecule has 2 aromatic rings. The first kappa shape index (κ1) is 17.9. The summed E-state index contributed by atoms with van der Waals surface area (Å²) in [5.74, 6) is 1.59. The van der Waals surface area contributed by atoms with Crippen molar-refractivity contribution in [1.29, 1.82) is 0 Å². The van der Waals surface area contributed by atoms with E-state index in [0.717, 1.165) is 24.1 Å². The molecule has 1 fully saturated rings. The second-order valence-electron chi connectivity index (χ2n) is 6.40. The lowest BCUT2D eigenvalue weighted by Crippen LogP contribution is -2.26. The molecule has 1 N–H and O–H groups in total. The number of hydrogen-bond donors (Lipinski definition) is 1. The van der Waals surface area contributed by atoms with Gasteiger partial charge in [-0.15, -0.1) is 10.2 Å². The molecule has 1 aliphatic heterocycles. The molecule has 0 unspecified atom stereocenters. The van der Waals surface area contributed by atoms with Crippen LogP contribution in [0.25, 0.3) is 0 Å². The number of rotatable bonds is 4. The van der Waals surface area contributed by atoms with E-state index in [0.29, 0.717) is 25.1 Å². The van der Waals surface area contributed by atoms with Crippen molar-refractivity contribution in [3.63, 3.8) is 0 Å². The van der Waals surface area contributed by atoms with Crippen molar-refractivity contribution >= 4 is 0 Å². The Morgan fingerprint density at radius 2 is 1.96 bits per heavy atom. The van der Waals surface area contributed by atoms with Crippen LogP contribution in [0.3, 0.4) is 0 Å². The molecular weight excluding hydrogens is 333 g/mol. The van der Waals surface area contributed by atoms with Gasteiger partial charge in [-0.25, -0.2) is 0 Å². The first-order valence-electron chi connectivity index (χ1n) is 8.26. The molecule has 136 valence electrons. The highest BCUT2D eigenvalue weighted by molar-refractivity contribution is 5.29. The van der Waals surface area contributed by atoms with Crippen LogP contribution in [0.5, 0.6) is 0 Å². The second-order valence-corrected chi connectivity index (χ2v) is 6.40. The van der Waals surface area contributed by atoms with E-state index >= 15 is 0 Å². The van der Waals surface area contributed by atoms with Gasteiger partial charge in [0.2, 0.25) is 0 Å². The molecule has 0 radical (unpaired) electrons. The quantitative estimate of drug-likeness (QED) is 0.917. The number of β-amino-alcohol motifs (C(OH)–C–C–N with tert-alkyl or cyclic N) is 1. The van der Waals surface area contributed by atoms with Gasteiger partial charge in [-0.3, -0.25) is 4.90 Å². The molecule has 0 aliphatic carbocycles. The fourth-order valence-electron chi connectivity index (χ4n) is 3.35. The lowest BCUT2D eigenvalue weighted by molar-refractivity contribution is -0.137. The minimum atomic E-state index is -4.38. The third-order valence-corrected chi connectivity index (χ3v) is 4.70. The smallest absolute Gasteiger partial charge is 0.392 e. The van der Waals surface area contributed by atoms with Gasteiger partial charge < -0.3 is 9.67 Å². The molecule has 0 saturated carbocycles. The first-order valence-corrected chi connectivity index (χ1v) is 8.26. The zero-order chi connectivity index (χ0) is 18.2. The van der Waals surface area contributed by atoms with Crippen molar-refractivity contribution in [3.8, 4) is 0 Å². The summed E-state index contributed by atoms with van der Waals surface area (Å²) in [6, 6.07) is 5.05. The van der Waals surface area contributed by atoms with Crippen LogP contribution in [-0.4, -0.2) is 37.4 Å². The Morgan fingerprint density at radius 1 is 1.24 bits per heavy atom. The molecule has 25 heavy (non-hydrogen) atoms. The summed E-state index contributed by atoms with van der Waals surface area (Å²) in [4.78, 5) is 1.96. The van der Waals surface area contributed by atoms with Crippen molar-refractivity contribution in [1.82, 2.24) is 19.7 Å². The normalized spacial score (nSPS) is 21.8. The summed E-state index contributed by atoms with van der Waals surface area (Å²) < 4.78 is 40.9. The van der Waals surface area contributed by atoms with Crippen LogP contribution in [0, 0.1) is 0 Å². The predicted molar refractivity (Wildman–Crippen MR) is 85.6 cm³/mol. The van der Waals surface area contributed by atoms with Crippen molar-refractivity contribution in [2.24, 2.45) is 7.05 Å².